The Labute approximate surface area is 122 Å². The Morgan fingerprint density at radius 2 is 1.72 bits per heavy atom. The molecule has 18 heavy (non-hydrogen) atoms. The van der Waals surface area contributed by atoms with Crippen LogP contribution in [0.5, 0.6) is 0 Å². The molecule has 1 aliphatic rings. The van der Waals surface area contributed by atoms with Gasteiger partial charge in [0.2, 0.25) is 0 Å². The quantitative estimate of drug-likeness (QED) is 0.784. The summed E-state index contributed by atoms with van der Waals surface area (Å²) >= 11 is 2.36. The van der Waals surface area contributed by atoms with Crippen molar-refractivity contribution in [1.82, 2.24) is 0 Å². The smallest absolute Gasteiger partial charge is 0.0478 e. The number of halogens is 1. The van der Waals surface area contributed by atoms with Crippen LogP contribution < -0.4 is 5.32 Å². The third-order valence-corrected chi connectivity index (χ3v) is 4.33. The fourth-order valence-electron chi connectivity index (χ4n) is 2.13. The Bertz CT molecular complexity index is 529. The Morgan fingerprint density at radius 3 is 2.39 bits per heavy atom. The van der Waals surface area contributed by atoms with Crippen molar-refractivity contribution in [3.05, 3.63) is 63.2 Å². The first-order valence-electron chi connectivity index (χ1n) is 6.40. The van der Waals surface area contributed by atoms with Crippen LogP contribution >= 0.6 is 22.6 Å². The topological polar surface area (TPSA) is 12.0 Å². The van der Waals surface area contributed by atoms with Crippen LogP contribution in [0.1, 0.15) is 29.9 Å². The van der Waals surface area contributed by atoms with Crippen molar-refractivity contribution in [2.75, 3.05) is 5.32 Å². The third-order valence-electron chi connectivity index (χ3n) is 3.39. The number of benzene rings is 2. The van der Waals surface area contributed by atoms with E-state index in [0.717, 1.165) is 12.5 Å². The molecular formula is C16H16IN. The molecule has 1 N–H and O–H groups in total. The summed E-state index contributed by atoms with van der Waals surface area (Å²) in [6, 6.07) is 17.4. The van der Waals surface area contributed by atoms with Crippen LogP contribution in [0.3, 0.4) is 0 Å². The molecule has 0 spiro atoms. The van der Waals surface area contributed by atoms with Gasteiger partial charge in [-0.3, -0.25) is 0 Å². The molecule has 1 nitrogen and oxygen atoms in total. The molecule has 0 atom stereocenters. The minimum atomic E-state index is 0.849. The van der Waals surface area contributed by atoms with Gasteiger partial charge in [-0.05, 0) is 64.6 Å². The van der Waals surface area contributed by atoms with E-state index in [9.17, 15) is 0 Å². The molecule has 0 aliphatic heterocycles. The van der Waals surface area contributed by atoms with Crippen molar-refractivity contribution >= 4 is 28.3 Å². The van der Waals surface area contributed by atoms with Crippen LogP contribution in [0.25, 0.3) is 0 Å². The molecule has 0 unspecified atom stereocenters. The predicted octanol–water partition coefficient (Wildman–Crippen LogP) is 4.78. The third kappa shape index (κ3) is 2.86. The van der Waals surface area contributed by atoms with Gasteiger partial charge < -0.3 is 5.32 Å². The lowest BCUT2D eigenvalue weighted by Gasteiger charge is -2.09. The maximum atomic E-state index is 3.49. The van der Waals surface area contributed by atoms with Crippen LogP contribution in [0.2, 0.25) is 0 Å². The molecule has 2 aromatic carbocycles. The maximum absolute atomic E-state index is 3.49. The Balaban J connectivity index is 1.64. The van der Waals surface area contributed by atoms with Gasteiger partial charge in [0.25, 0.3) is 0 Å². The van der Waals surface area contributed by atoms with Gasteiger partial charge in [0.15, 0.2) is 0 Å². The van der Waals surface area contributed by atoms with Gasteiger partial charge in [0, 0.05) is 15.8 Å². The Morgan fingerprint density at radius 1 is 1.00 bits per heavy atom. The van der Waals surface area contributed by atoms with Crippen molar-refractivity contribution in [3.8, 4) is 0 Å². The summed E-state index contributed by atoms with van der Waals surface area (Å²) in [5.41, 5.74) is 4.07. The van der Waals surface area contributed by atoms with E-state index < -0.39 is 0 Å². The minimum absolute atomic E-state index is 0.849. The van der Waals surface area contributed by atoms with E-state index in [-0.39, 0.29) is 0 Å². The number of rotatable bonds is 4. The molecule has 1 fully saturated rings. The second kappa shape index (κ2) is 5.31. The zero-order valence-electron chi connectivity index (χ0n) is 10.2. The van der Waals surface area contributed by atoms with Crippen molar-refractivity contribution < 1.29 is 0 Å². The van der Waals surface area contributed by atoms with Gasteiger partial charge in [-0.2, -0.15) is 0 Å². The van der Waals surface area contributed by atoms with Crippen LogP contribution in [-0.4, -0.2) is 0 Å². The standard InChI is InChI=1S/C16H16IN/c17-15-3-1-2-4-16(15)18-11-12-5-7-13(8-6-12)14-9-10-14/h1-8,14,18H,9-11H2. The molecule has 0 bridgehead atoms. The summed E-state index contributed by atoms with van der Waals surface area (Å²) in [5, 5.41) is 3.49. The number of nitrogens with one attached hydrogen (secondary N) is 1. The summed E-state index contributed by atoms with van der Waals surface area (Å²) in [5.74, 6) is 0.849. The minimum Gasteiger partial charge on any atom is -0.380 e. The molecule has 1 saturated carbocycles. The second-order valence-electron chi connectivity index (χ2n) is 4.85. The van der Waals surface area contributed by atoms with Crippen molar-refractivity contribution in [3.63, 3.8) is 0 Å². The average Bonchev–Trinajstić information content (AvgIpc) is 3.23. The average molecular weight is 349 g/mol. The maximum Gasteiger partial charge on any atom is 0.0478 e. The Hall–Kier alpha value is -1.03. The van der Waals surface area contributed by atoms with E-state index in [1.165, 1.54) is 33.2 Å². The summed E-state index contributed by atoms with van der Waals surface area (Å²) in [7, 11) is 0. The van der Waals surface area contributed by atoms with Crippen LogP contribution in [0.15, 0.2) is 48.5 Å². The van der Waals surface area contributed by atoms with E-state index in [4.69, 9.17) is 0 Å². The molecule has 92 valence electrons. The van der Waals surface area contributed by atoms with Crippen LogP contribution in [0.4, 0.5) is 5.69 Å². The van der Waals surface area contributed by atoms with E-state index in [2.05, 4.69) is 76.4 Å². The fourth-order valence-corrected chi connectivity index (χ4v) is 2.70. The first-order valence-corrected chi connectivity index (χ1v) is 7.48. The lowest BCUT2D eigenvalue weighted by molar-refractivity contribution is 1.10. The molecule has 0 aromatic heterocycles. The summed E-state index contributed by atoms with van der Waals surface area (Å²) in [4.78, 5) is 0. The van der Waals surface area contributed by atoms with E-state index in [1.807, 2.05) is 0 Å². The zero-order chi connectivity index (χ0) is 12.4. The van der Waals surface area contributed by atoms with Crippen LogP contribution in [0, 0.1) is 3.57 Å². The Kier molecular flexibility index (Phi) is 3.55. The highest BCUT2D eigenvalue weighted by molar-refractivity contribution is 14.1. The van der Waals surface area contributed by atoms with Gasteiger partial charge in [-0.25, -0.2) is 0 Å². The molecule has 2 heteroatoms. The SMILES string of the molecule is Ic1ccccc1NCc1ccc(C2CC2)cc1. The number of hydrogen-bond acceptors (Lipinski definition) is 1. The highest BCUT2D eigenvalue weighted by Gasteiger charge is 2.22. The molecule has 0 heterocycles. The van der Waals surface area contributed by atoms with Gasteiger partial charge in [-0.15, -0.1) is 0 Å². The van der Waals surface area contributed by atoms with E-state index in [1.54, 1.807) is 0 Å². The molecule has 0 amide bonds. The van der Waals surface area contributed by atoms with Gasteiger partial charge in [0.1, 0.15) is 0 Å². The zero-order valence-corrected chi connectivity index (χ0v) is 12.4. The lowest BCUT2D eigenvalue weighted by atomic mass is 10.1. The van der Waals surface area contributed by atoms with Crippen molar-refractivity contribution in [2.24, 2.45) is 0 Å². The molecule has 2 aromatic rings. The first-order chi connectivity index (χ1) is 8.83. The van der Waals surface area contributed by atoms with E-state index >= 15 is 0 Å². The first kappa shape index (κ1) is 12.0. The summed E-state index contributed by atoms with van der Waals surface area (Å²) in [6.45, 7) is 0.894. The normalized spacial score (nSPS) is 14.5. The van der Waals surface area contributed by atoms with Gasteiger partial charge in [-0.1, -0.05) is 36.4 Å². The largest absolute Gasteiger partial charge is 0.380 e. The number of para-hydroxylation sites is 1. The monoisotopic (exact) mass is 349 g/mol. The van der Waals surface area contributed by atoms with Gasteiger partial charge >= 0.3 is 0 Å². The number of anilines is 1. The molecule has 0 radical (unpaired) electrons. The summed E-state index contributed by atoms with van der Waals surface area (Å²) in [6.07, 6.45) is 2.75. The van der Waals surface area contributed by atoms with Crippen LogP contribution in [-0.2, 0) is 6.54 Å². The molecule has 0 saturated heterocycles. The van der Waals surface area contributed by atoms with E-state index in [0.29, 0.717) is 0 Å². The van der Waals surface area contributed by atoms with Crippen molar-refractivity contribution in [1.29, 1.82) is 0 Å². The highest BCUT2D eigenvalue weighted by atomic mass is 127. The van der Waals surface area contributed by atoms with Gasteiger partial charge in [0.05, 0.1) is 0 Å². The fraction of sp³-hybridized carbons (Fsp3) is 0.250. The predicted molar refractivity (Wildman–Crippen MR) is 84.9 cm³/mol. The summed E-state index contributed by atoms with van der Waals surface area (Å²) < 4.78 is 1.27. The molecular weight excluding hydrogens is 333 g/mol. The second-order valence-corrected chi connectivity index (χ2v) is 6.01. The highest BCUT2D eigenvalue weighted by Crippen LogP contribution is 2.39. The van der Waals surface area contributed by atoms with Crippen molar-refractivity contribution in [2.45, 2.75) is 25.3 Å². The lowest BCUT2D eigenvalue weighted by Crippen LogP contribution is -2.00. The molecule has 3 rings (SSSR count). The molecule has 1 aliphatic carbocycles. The number of hydrogen-bond donors (Lipinski definition) is 1.